The summed E-state index contributed by atoms with van der Waals surface area (Å²) in [5, 5.41) is 9.54. The first-order valence-corrected chi connectivity index (χ1v) is 10.7. The fourth-order valence-electron chi connectivity index (χ4n) is 3.97. The van der Waals surface area contributed by atoms with Crippen LogP contribution in [0.25, 0.3) is 17.2 Å². The van der Waals surface area contributed by atoms with E-state index in [1.807, 2.05) is 41.9 Å². The molecular formula is C23H20ClN7O. The minimum Gasteiger partial charge on any atom is -0.337 e. The Morgan fingerprint density at radius 1 is 1.03 bits per heavy atom. The number of benzene rings is 1. The van der Waals surface area contributed by atoms with Crippen LogP contribution in [0.1, 0.15) is 35.1 Å². The highest BCUT2D eigenvalue weighted by Gasteiger charge is 2.39. The Morgan fingerprint density at radius 3 is 2.56 bits per heavy atom. The van der Waals surface area contributed by atoms with E-state index in [9.17, 15) is 4.79 Å². The first kappa shape index (κ1) is 20.3. The quantitative estimate of drug-likeness (QED) is 0.464. The molecule has 1 aromatic carbocycles. The van der Waals surface area contributed by atoms with Crippen molar-refractivity contribution in [2.75, 3.05) is 7.05 Å². The Kier molecular flexibility index (Phi) is 5.36. The van der Waals surface area contributed by atoms with E-state index in [4.69, 9.17) is 11.6 Å². The molecule has 4 aromatic rings. The zero-order valence-corrected chi connectivity index (χ0v) is 18.1. The second-order valence-corrected chi connectivity index (χ2v) is 8.12. The second-order valence-electron chi connectivity index (χ2n) is 7.72. The predicted molar refractivity (Wildman–Crippen MR) is 119 cm³/mol. The Labute approximate surface area is 189 Å². The van der Waals surface area contributed by atoms with Crippen molar-refractivity contribution in [2.45, 2.75) is 24.8 Å². The second kappa shape index (κ2) is 8.47. The van der Waals surface area contributed by atoms with E-state index in [1.165, 1.54) is 6.33 Å². The summed E-state index contributed by atoms with van der Waals surface area (Å²) in [6, 6.07) is 14.8. The fraction of sp³-hybridized carbons (Fsp3) is 0.217. The monoisotopic (exact) mass is 445 g/mol. The predicted octanol–water partition coefficient (Wildman–Crippen LogP) is 3.79. The van der Waals surface area contributed by atoms with Crippen LogP contribution in [0.2, 0.25) is 5.02 Å². The van der Waals surface area contributed by atoms with Gasteiger partial charge < -0.3 is 4.90 Å². The summed E-state index contributed by atoms with van der Waals surface area (Å²) in [5.74, 6) is 1.47. The number of para-hydroxylation sites is 1. The largest absolute Gasteiger partial charge is 0.337 e. The molecule has 0 radical (unpaired) electrons. The minimum absolute atomic E-state index is 0.0803. The van der Waals surface area contributed by atoms with Crippen molar-refractivity contribution in [1.82, 2.24) is 34.6 Å². The molecular weight excluding hydrogens is 426 g/mol. The van der Waals surface area contributed by atoms with Crippen molar-refractivity contribution >= 4 is 17.5 Å². The van der Waals surface area contributed by atoms with Crippen LogP contribution < -0.4 is 0 Å². The van der Waals surface area contributed by atoms with E-state index in [2.05, 4.69) is 25.1 Å². The highest BCUT2D eigenvalue weighted by Crippen LogP contribution is 2.41. The number of aromatic nitrogens is 6. The van der Waals surface area contributed by atoms with E-state index in [0.717, 1.165) is 24.4 Å². The molecule has 0 bridgehead atoms. The Balaban J connectivity index is 1.44. The molecule has 1 amide bonds. The summed E-state index contributed by atoms with van der Waals surface area (Å²) < 4.78 is 1.96. The van der Waals surface area contributed by atoms with Gasteiger partial charge in [0, 0.05) is 31.4 Å². The number of hydrogen-bond donors (Lipinski definition) is 0. The van der Waals surface area contributed by atoms with Crippen LogP contribution in [0.3, 0.4) is 0 Å². The van der Waals surface area contributed by atoms with Crippen molar-refractivity contribution in [1.29, 1.82) is 0 Å². The molecule has 0 atom stereocenters. The lowest BCUT2D eigenvalue weighted by Crippen LogP contribution is -2.45. The molecule has 1 saturated carbocycles. The fourth-order valence-corrected chi connectivity index (χ4v) is 4.19. The van der Waals surface area contributed by atoms with Gasteiger partial charge in [-0.15, -0.1) is 10.2 Å². The van der Waals surface area contributed by atoms with Gasteiger partial charge in [0.25, 0.3) is 5.91 Å². The number of hydrogen-bond acceptors (Lipinski definition) is 6. The van der Waals surface area contributed by atoms with Crippen molar-refractivity contribution in [3.05, 3.63) is 83.8 Å². The number of halogens is 1. The number of rotatable bonds is 5. The maximum atomic E-state index is 12.7. The maximum absolute atomic E-state index is 12.7. The van der Waals surface area contributed by atoms with E-state index in [-0.39, 0.29) is 17.9 Å². The lowest BCUT2D eigenvalue weighted by atomic mass is 9.78. The van der Waals surface area contributed by atoms with Gasteiger partial charge in [-0.1, -0.05) is 29.8 Å². The molecule has 0 unspecified atom stereocenters. The third-order valence-electron chi connectivity index (χ3n) is 5.82. The molecule has 9 heteroatoms. The van der Waals surface area contributed by atoms with Crippen LogP contribution in [0.4, 0.5) is 0 Å². The molecule has 32 heavy (non-hydrogen) atoms. The summed E-state index contributed by atoms with van der Waals surface area (Å²) in [6.45, 7) is 0. The molecule has 0 N–H and O–H groups in total. The summed E-state index contributed by atoms with van der Waals surface area (Å²) >= 11 is 6.53. The SMILES string of the molecule is CN(C(=O)c1ccccn1)C1CC(c2nnc(-c3ccncn3)n2-c2ccccc2Cl)C1. The van der Waals surface area contributed by atoms with E-state index < -0.39 is 0 Å². The number of carbonyl (C=O) groups is 1. The van der Waals surface area contributed by atoms with Gasteiger partial charge in [-0.05, 0) is 43.2 Å². The van der Waals surface area contributed by atoms with Crippen LogP contribution in [0, 0.1) is 0 Å². The van der Waals surface area contributed by atoms with Crippen LogP contribution in [-0.4, -0.2) is 53.6 Å². The molecule has 3 aromatic heterocycles. The maximum Gasteiger partial charge on any atom is 0.272 e. The lowest BCUT2D eigenvalue weighted by molar-refractivity contribution is 0.0608. The average molecular weight is 446 g/mol. The Morgan fingerprint density at radius 2 is 1.84 bits per heavy atom. The number of nitrogens with zero attached hydrogens (tertiary/aromatic N) is 7. The topological polar surface area (TPSA) is 89.7 Å². The van der Waals surface area contributed by atoms with E-state index in [0.29, 0.717) is 22.2 Å². The van der Waals surface area contributed by atoms with Gasteiger partial charge >= 0.3 is 0 Å². The molecule has 3 heterocycles. The van der Waals surface area contributed by atoms with Crippen LogP contribution in [0.5, 0.6) is 0 Å². The van der Waals surface area contributed by atoms with Crippen LogP contribution in [0.15, 0.2) is 67.3 Å². The molecule has 0 spiro atoms. The number of carbonyl (C=O) groups excluding carboxylic acids is 1. The highest BCUT2D eigenvalue weighted by molar-refractivity contribution is 6.32. The van der Waals surface area contributed by atoms with E-state index >= 15 is 0 Å². The van der Waals surface area contributed by atoms with Gasteiger partial charge in [0.05, 0.1) is 10.7 Å². The van der Waals surface area contributed by atoms with Gasteiger partial charge in [-0.3, -0.25) is 14.3 Å². The zero-order chi connectivity index (χ0) is 22.1. The van der Waals surface area contributed by atoms with Gasteiger partial charge in [-0.25, -0.2) is 9.97 Å². The molecule has 0 saturated heterocycles. The van der Waals surface area contributed by atoms with Crippen molar-refractivity contribution in [2.24, 2.45) is 0 Å². The molecule has 0 aliphatic heterocycles. The minimum atomic E-state index is -0.0803. The summed E-state index contributed by atoms with van der Waals surface area (Å²) in [6.07, 6.45) is 6.34. The van der Waals surface area contributed by atoms with Crippen molar-refractivity contribution in [3.63, 3.8) is 0 Å². The lowest BCUT2D eigenvalue weighted by Gasteiger charge is -2.40. The molecule has 1 aliphatic carbocycles. The van der Waals surface area contributed by atoms with Crippen LogP contribution in [-0.2, 0) is 0 Å². The third-order valence-corrected chi connectivity index (χ3v) is 6.14. The number of amides is 1. The molecule has 1 aliphatic rings. The van der Waals surface area contributed by atoms with Crippen molar-refractivity contribution in [3.8, 4) is 17.2 Å². The van der Waals surface area contributed by atoms with Gasteiger partial charge in [0.2, 0.25) is 0 Å². The van der Waals surface area contributed by atoms with E-state index in [1.54, 1.807) is 35.5 Å². The van der Waals surface area contributed by atoms with Gasteiger partial charge in [-0.2, -0.15) is 0 Å². The molecule has 8 nitrogen and oxygen atoms in total. The first-order valence-electron chi connectivity index (χ1n) is 10.3. The summed E-state index contributed by atoms with van der Waals surface area (Å²) in [7, 11) is 1.82. The van der Waals surface area contributed by atoms with Gasteiger partial charge in [0.1, 0.15) is 23.5 Å². The molecule has 1 fully saturated rings. The summed E-state index contributed by atoms with van der Waals surface area (Å²) in [5.41, 5.74) is 1.91. The molecule has 5 rings (SSSR count). The zero-order valence-electron chi connectivity index (χ0n) is 17.3. The normalized spacial score (nSPS) is 17.6. The van der Waals surface area contributed by atoms with Crippen molar-refractivity contribution < 1.29 is 4.79 Å². The standard InChI is InChI=1S/C23H20ClN7O/c1-30(23(32)19-7-4-5-10-26-19)16-12-15(13-16)21-28-29-22(18-9-11-25-14-27-18)31(21)20-8-3-2-6-17(20)24/h2-11,14-16H,12-13H2,1H3. The average Bonchev–Trinajstić information content (AvgIpc) is 3.23. The molecule has 160 valence electrons. The number of pyridine rings is 1. The smallest absolute Gasteiger partial charge is 0.272 e. The first-order chi connectivity index (χ1) is 15.6. The Bertz CT molecular complexity index is 1240. The highest BCUT2D eigenvalue weighted by atomic mass is 35.5. The Hall–Kier alpha value is -3.65. The third kappa shape index (κ3) is 3.62. The summed E-state index contributed by atoms with van der Waals surface area (Å²) in [4.78, 5) is 27.0. The van der Waals surface area contributed by atoms with Gasteiger partial charge in [0.15, 0.2) is 5.82 Å². The van der Waals surface area contributed by atoms with Crippen LogP contribution >= 0.6 is 11.6 Å².